The van der Waals surface area contributed by atoms with Crippen molar-refractivity contribution in [2.45, 2.75) is 13.0 Å². The van der Waals surface area contributed by atoms with Crippen LogP contribution in [-0.4, -0.2) is 36.9 Å². The summed E-state index contributed by atoms with van der Waals surface area (Å²) in [6.45, 7) is 1.41. The maximum Gasteiger partial charge on any atom is 0.233 e. The van der Waals surface area contributed by atoms with E-state index in [1.807, 2.05) is 0 Å². The second kappa shape index (κ2) is 6.26. The second-order valence-electron chi connectivity index (χ2n) is 6.97. The van der Waals surface area contributed by atoms with Gasteiger partial charge in [-0.05, 0) is 36.0 Å². The molecule has 4 rings (SSSR count). The maximum atomic E-state index is 13.4. The van der Waals surface area contributed by atoms with E-state index in [0.29, 0.717) is 19.6 Å². The Morgan fingerprint density at radius 1 is 1.20 bits per heavy atom. The van der Waals surface area contributed by atoms with Crippen LogP contribution in [0.3, 0.4) is 0 Å². The third-order valence-corrected chi connectivity index (χ3v) is 5.62. The number of carbonyl (C=O) groups is 2. The number of hydrogen-bond donors (Lipinski definition) is 1. The number of allylic oxidation sites excluding steroid dienone is 2. The fraction of sp³-hybridized carbons (Fsp3) is 0.474. The topological polar surface area (TPSA) is 58.6 Å². The molecule has 0 spiro atoms. The highest BCUT2D eigenvalue weighted by molar-refractivity contribution is 6.06. The maximum absolute atomic E-state index is 13.4. The van der Waals surface area contributed by atoms with E-state index in [2.05, 4.69) is 17.5 Å². The number of imide groups is 1. The standard InChI is InChI=1S/C19H21FN2O3/c1-25-15-8-11(2-5-14(15)20)10-21-6-7-22-18(23)16-12-3-4-13(9-12)17(16)19(22)24/h2-5,8,12-13,16-17,21H,6-7,9-10H2,1H3. The van der Waals surface area contributed by atoms with Gasteiger partial charge in [-0.3, -0.25) is 14.5 Å². The summed E-state index contributed by atoms with van der Waals surface area (Å²) in [5.41, 5.74) is 0.886. The van der Waals surface area contributed by atoms with Crippen LogP contribution in [-0.2, 0) is 16.1 Å². The molecule has 1 heterocycles. The summed E-state index contributed by atoms with van der Waals surface area (Å²) in [6.07, 6.45) is 5.15. The number of ether oxygens (including phenoxy) is 1. The number of likely N-dealkylation sites (tertiary alicyclic amines) is 1. The molecular formula is C19H21FN2O3. The van der Waals surface area contributed by atoms with Crippen molar-refractivity contribution in [3.63, 3.8) is 0 Å². The molecule has 2 bridgehead atoms. The summed E-state index contributed by atoms with van der Waals surface area (Å²) in [6, 6.07) is 4.69. The molecule has 1 aromatic carbocycles. The largest absolute Gasteiger partial charge is 0.494 e. The smallest absolute Gasteiger partial charge is 0.233 e. The number of halogens is 1. The van der Waals surface area contributed by atoms with Crippen molar-refractivity contribution in [1.29, 1.82) is 0 Å². The zero-order chi connectivity index (χ0) is 17.6. The zero-order valence-corrected chi connectivity index (χ0v) is 14.1. The van der Waals surface area contributed by atoms with Gasteiger partial charge < -0.3 is 10.1 Å². The number of benzene rings is 1. The molecule has 2 amide bonds. The highest BCUT2D eigenvalue weighted by Crippen LogP contribution is 2.52. The Morgan fingerprint density at radius 2 is 1.88 bits per heavy atom. The first-order valence-electron chi connectivity index (χ1n) is 8.67. The normalized spacial score (nSPS) is 29.6. The number of hydrogen-bond acceptors (Lipinski definition) is 4. The van der Waals surface area contributed by atoms with Crippen LogP contribution in [0.25, 0.3) is 0 Å². The molecule has 0 radical (unpaired) electrons. The molecule has 5 nitrogen and oxygen atoms in total. The van der Waals surface area contributed by atoms with Crippen LogP contribution in [0, 0.1) is 29.5 Å². The highest BCUT2D eigenvalue weighted by atomic mass is 19.1. The number of rotatable bonds is 6. The molecule has 6 heteroatoms. The Morgan fingerprint density at radius 3 is 2.52 bits per heavy atom. The van der Waals surface area contributed by atoms with E-state index in [4.69, 9.17) is 4.74 Å². The van der Waals surface area contributed by atoms with E-state index in [1.54, 1.807) is 12.1 Å². The molecule has 1 saturated heterocycles. The number of carbonyl (C=O) groups excluding carboxylic acids is 2. The fourth-order valence-corrected chi connectivity index (χ4v) is 4.42. The van der Waals surface area contributed by atoms with Crippen molar-refractivity contribution >= 4 is 11.8 Å². The summed E-state index contributed by atoms with van der Waals surface area (Å²) in [5, 5.41) is 3.20. The second-order valence-corrected chi connectivity index (χ2v) is 6.97. The van der Waals surface area contributed by atoms with Crippen LogP contribution in [0.5, 0.6) is 5.75 Å². The van der Waals surface area contributed by atoms with Gasteiger partial charge in [0.1, 0.15) is 0 Å². The third kappa shape index (κ3) is 2.65. The van der Waals surface area contributed by atoms with E-state index < -0.39 is 5.82 Å². The van der Waals surface area contributed by atoms with Gasteiger partial charge in [0.15, 0.2) is 11.6 Å². The minimum Gasteiger partial charge on any atom is -0.494 e. The van der Waals surface area contributed by atoms with Crippen molar-refractivity contribution in [2.24, 2.45) is 23.7 Å². The summed E-state index contributed by atoms with van der Waals surface area (Å²) >= 11 is 0. The monoisotopic (exact) mass is 344 g/mol. The van der Waals surface area contributed by atoms with Gasteiger partial charge in [-0.2, -0.15) is 0 Å². The number of amides is 2. The van der Waals surface area contributed by atoms with Gasteiger partial charge in [-0.15, -0.1) is 0 Å². The van der Waals surface area contributed by atoms with E-state index in [1.165, 1.54) is 18.1 Å². The van der Waals surface area contributed by atoms with Gasteiger partial charge in [0.05, 0.1) is 18.9 Å². The van der Waals surface area contributed by atoms with Crippen molar-refractivity contribution < 1.29 is 18.7 Å². The molecule has 25 heavy (non-hydrogen) atoms. The van der Waals surface area contributed by atoms with E-state index in [9.17, 15) is 14.0 Å². The van der Waals surface area contributed by atoms with Gasteiger partial charge in [-0.25, -0.2) is 4.39 Å². The third-order valence-electron chi connectivity index (χ3n) is 5.62. The number of methoxy groups -OCH3 is 1. The average molecular weight is 344 g/mol. The Hall–Kier alpha value is -2.21. The van der Waals surface area contributed by atoms with Gasteiger partial charge in [0, 0.05) is 19.6 Å². The number of fused-ring (bicyclic) bond motifs is 5. The van der Waals surface area contributed by atoms with Crippen LogP contribution in [0.1, 0.15) is 12.0 Å². The first-order chi connectivity index (χ1) is 12.1. The van der Waals surface area contributed by atoms with Crippen LogP contribution < -0.4 is 10.1 Å². The molecule has 1 saturated carbocycles. The minimum atomic E-state index is -0.394. The van der Waals surface area contributed by atoms with Gasteiger partial charge in [0.25, 0.3) is 0 Å². The molecule has 1 aromatic rings. The SMILES string of the molecule is COc1cc(CNCCN2C(=O)C3C4C=CC(C4)C3C2=O)ccc1F. The van der Waals surface area contributed by atoms with E-state index in [-0.39, 0.29) is 41.2 Å². The molecular weight excluding hydrogens is 323 g/mol. The van der Waals surface area contributed by atoms with Crippen molar-refractivity contribution in [3.05, 3.63) is 41.7 Å². The molecule has 0 aromatic heterocycles. The average Bonchev–Trinajstić information content (AvgIpc) is 3.28. The van der Waals surface area contributed by atoms with Crippen LogP contribution in [0.15, 0.2) is 30.4 Å². The molecule has 2 aliphatic carbocycles. The summed E-state index contributed by atoms with van der Waals surface area (Å²) in [5.74, 6) is 0.00314. The number of nitrogens with one attached hydrogen (secondary N) is 1. The quantitative estimate of drug-likeness (QED) is 0.485. The van der Waals surface area contributed by atoms with Crippen LogP contribution in [0.4, 0.5) is 4.39 Å². The van der Waals surface area contributed by atoms with Crippen LogP contribution in [0.2, 0.25) is 0 Å². The molecule has 3 aliphatic rings. The predicted octanol–water partition coefficient (Wildman–Crippen LogP) is 1.73. The minimum absolute atomic E-state index is 0.0166. The lowest BCUT2D eigenvalue weighted by molar-refractivity contribution is -0.140. The van der Waals surface area contributed by atoms with E-state index in [0.717, 1.165) is 12.0 Å². The summed E-state index contributed by atoms with van der Waals surface area (Å²) < 4.78 is 18.4. The molecule has 1 N–H and O–H groups in total. The van der Waals surface area contributed by atoms with Gasteiger partial charge >= 0.3 is 0 Å². The van der Waals surface area contributed by atoms with E-state index >= 15 is 0 Å². The Labute approximate surface area is 145 Å². The summed E-state index contributed by atoms with van der Waals surface area (Å²) in [7, 11) is 1.43. The van der Waals surface area contributed by atoms with Crippen molar-refractivity contribution in [3.8, 4) is 5.75 Å². The van der Waals surface area contributed by atoms with Gasteiger partial charge in [0.2, 0.25) is 11.8 Å². The Balaban J connectivity index is 1.31. The molecule has 2 fully saturated rings. The molecule has 132 valence electrons. The first kappa shape index (κ1) is 16.3. The van der Waals surface area contributed by atoms with Crippen LogP contribution >= 0.6 is 0 Å². The van der Waals surface area contributed by atoms with Crippen molar-refractivity contribution in [2.75, 3.05) is 20.2 Å². The highest BCUT2D eigenvalue weighted by Gasteiger charge is 2.58. The molecule has 4 atom stereocenters. The Kier molecular flexibility index (Phi) is 4.07. The summed E-state index contributed by atoms with van der Waals surface area (Å²) in [4.78, 5) is 26.5. The lowest BCUT2D eigenvalue weighted by atomic mass is 9.85. The lowest BCUT2D eigenvalue weighted by Gasteiger charge is -2.17. The fourth-order valence-electron chi connectivity index (χ4n) is 4.42. The molecule has 1 aliphatic heterocycles. The predicted molar refractivity (Wildman–Crippen MR) is 89.1 cm³/mol. The number of nitrogens with zero attached hydrogens (tertiary/aromatic N) is 1. The first-order valence-corrected chi connectivity index (χ1v) is 8.67. The Bertz CT molecular complexity index is 718. The zero-order valence-electron chi connectivity index (χ0n) is 14.1. The van der Waals surface area contributed by atoms with Crippen molar-refractivity contribution in [1.82, 2.24) is 10.2 Å². The molecule has 4 unspecified atom stereocenters. The van der Waals surface area contributed by atoms with Gasteiger partial charge in [-0.1, -0.05) is 18.2 Å². The lowest BCUT2D eigenvalue weighted by Crippen LogP contribution is -2.38.